The molecule has 4 aromatic rings. The number of benzene rings is 2. The Morgan fingerprint density at radius 2 is 1.94 bits per heavy atom. The molecule has 0 spiro atoms. The van der Waals surface area contributed by atoms with Crippen LogP contribution in [0.3, 0.4) is 0 Å². The lowest BCUT2D eigenvalue weighted by Gasteiger charge is -2.39. The van der Waals surface area contributed by atoms with Crippen LogP contribution in [0.25, 0.3) is 22.2 Å². The Morgan fingerprint density at radius 3 is 2.73 bits per heavy atom. The molecule has 6 nitrogen and oxygen atoms in total. The molecule has 1 aliphatic rings. The van der Waals surface area contributed by atoms with Gasteiger partial charge >= 0.3 is 0 Å². The van der Waals surface area contributed by atoms with E-state index in [9.17, 15) is 4.39 Å². The fourth-order valence-electron chi connectivity index (χ4n) is 3.97. The number of nitrogens with zero attached hydrogens (tertiary/aromatic N) is 4. The van der Waals surface area contributed by atoms with Gasteiger partial charge in [0.05, 0.1) is 24.1 Å². The number of unbranched alkanes of at least 4 members (excludes halogenated alkanes) is 1. The van der Waals surface area contributed by atoms with Crippen LogP contribution >= 0.6 is 0 Å². The van der Waals surface area contributed by atoms with Crippen molar-refractivity contribution < 1.29 is 9.13 Å². The second kappa shape index (κ2) is 9.40. The highest BCUT2D eigenvalue weighted by atomic mass is 19.1. The molecule has 2 aromatic carbocycles. The van der Waals surface area contributed by atoms with Crippen molar-refractivity contribution in [2.45, 2.75) is 25.9 Å². The van der Waals surface area contributed by atoms with Crippen molar-refractivity contribution in [2.24, 2.45) is 0 Å². The topological polar surface area (TPSA) is 63.2 Å². The third-order valence-electron chi connectivity index (χ3n) is 5.76. The molecule has 1 aliphatic heterocycles. The molecule has 1 fully saturated rings. The number of halogens is 1. The van der Waals surface area contributed by atoms with E-state index in [4.69, 9.17) is 4.74 Å². The number of pyridine rings is 1. The average Bonchev–Trinajstić information content (AvgIpc) is 2.81. The molecule has 168 valence electrons. The first-order chi connectivity index (χ1) is 16.2. The summed E-state index contributed by atoms with van der Waals surface area (Å²) < 4.78 is 19.2. The third-order valence-corrected chi connectivity index (χ3v) is 5.76. The van der Waals surface area contributed by atoms with Crippen molar-refractivity contribution in [3.63, 3.8) is 0 Å². The quantitative estimate of drug-likeness (QED) is 0.372. The summed E-state index contributed by atoms with van der Waals surface area (Å²) in [5.41, 5.74) is 4.76. The van der Waals surface area contributed by atoms with Gasteiger partial charge in [-0.1, -0.05) is 19.4 Å². The number of nitrogens with one attached hydrogen (secondary N) is 1. The van der Waals surface area contributed by atoms with E-state index in [1.54, 1.807) is 24.5 Å². The van der Waals surface area contributed by atoms with Gasteiger partial charge in [-0.2, -0.15) is 0 Å². The Kier molecular flexibility index (Phi) is 6.02. The second-order valence-electron chi connectivity index (χ2n) is 8.24. The van der Waals surface area contributed by atoms with Gasteiger partial charge in [-0.3, -0.25) is 9.97 Å². The normalized spacial score (nSPS) is 13.7. The lowest BCUT2D eigenvalue weighted by molar-refractivity contribution is 0.166. The smallest absolute Gasteiger partial charge is 0.134 e. The summed E-state index contributed by atoms with van der Waals surface area (Å²) in [7, 11) is 0. The number of hydrogen-bond donors (Lipinski definition) is 1. The fourth-order valence-corrected chi connectivity index (χ4v) is 3.97. The van der Waals surface area contributed by atoms with Gasteiger partial charge < -0.3 is 15.0 Å². The van der Waals surface area contributed by atoms with Crippen molar-refractivity contribution in [1.29, 1.82) is 0 Å². The van der Waals surface area contributed by atoms with Crippen LogP contribution in [0.2, 0.25) is 0 Å². The van der Waals surface area contributed by atoms with Crippen LogP contribution in [0.5, 0.6) is 5.75 Å². The van der Waals surface area contributed by atoms with Gasteiger partial charge in [0.15, 0.2) is 0 Å². The van der Waals surface area contributed by atoms with Gasteiger partial charge in [-0.05, 0) is 42.8 Å². The van der Waals surface area contributed by atoms with Crippen molar-refractivity contribution >= 4 is 22.5 Å². The van der Waals surface area contributed by atoms with Gasteiger partial charge in [0.1, 0.15) is 23.5 Å². The number of aromatic nitrogens is 3. The molecule has 0 amide bonds. The van der Waals surface area contributed by atoms with Crippen molar-refractivity contribution in [3.8, 4) is 16.9 Å². The molecule has 7 heteroatoms. The molecule has 1 saturated heterocycles. The molecule has 0 saturated carbocycles. The molecule has 1 N–H and O–H groups in total. The maximum Gasteiger partial charge on any atom is 0.134 e. The van der Waals surface area contributed by atoms with Crippen molar-refractivity contribution in [1.82, 2.24) is 15.0 Å². The van der Waals surface area contributed by atoms with Crippen LogP contribution in [0, 0.1) is 5.82 Å². The Balaban J connectivity index is 1.30. The predicted octanol–water partition coefficient (Wildman–Crippen LogP) is 5.31. The summed E-state index contributed by atoms with van der Waals surface area (Å²) in [6.45, 7) is 4.54. The molecule has 5 rings (SSSR count). The highest BCUT2D eigenvalue weighted by Gasteiger charge is 2.29. The standard InChI is InChI=1S/C26H26FN5O/c1-2-3-9-28-20-13-23(26-24(14-20)29-10-11-30-26)18-7-8-25(31-15-18)32-16-22(17-32)33-21-6-4-5-19(27)12-21/h4-8,10-15,22,28H,2-3,9,16-17H2,1H3. The predicted molar refractivity (Wildman–Crippen MR) is 129 cm³/mol. The summed E-state index contributed by atoms with van der Waals surface area (Å²) >= 11 is 0. The summed E-state index contributed by atoms with van der Waals surface area (Å²) in [4.78, 5) is 15.9. The Hall–Kier alpha value is -3.74. The lowest BCUT2D eigenvalue weighted by atomic mass is 10.0. The first-order valence-corrected chi connectivity index (χ1v) is 11.3. The van der Waals surface area contributed by atoms with E-state index >= 15 is 0 Å². The zero-order chi connectivity index (χ0) is 22.6. The minimum atomic E-state index is -0.289. The van der Waals surface area contributed by atoms with Crippen molar-refractivity contribution in [2.75, 3.05) is 29.9 Å². The summed E-state index contributed by atoms with van der Waals surface area (Å²) in [5, 5.41) is 3.49. The van der Waals surface area contributed by atoms with Gasteiger partial charge in [0, 0.05) is 48.0 Å². The Morgan fingerprint density at radius 1 is 1.06 bits per heavy atom. The molecular weight excluding hydrogens is 417 g/mol. The molecule has 0 unspecified atom stereocenters. The maximum atomic E-state index is 13.3. The number of ether oxygens (including phenoxy) is 1. The largest absolute Gasteiger partial charge is 0.487 e. The monoisotopic (exact) mass is 443 g/mol. The number of anilines is 2. The van der Waals surface area contributed by atoms with Crippen LogP contribution in [-0.4, -0.2) is 40.7 Å². The summed E-state index contributed by atoms with van der Waals surface area (Å²) in [6.07, 6.45) is 7.60. The molecule has 2 aromatic heterocycles. The molecule has 0 atom stereocenters. The van der Waals surface area contributed by atoms with Gasteiger partial charge in [0.2, 0.25) is 0 Å². The highest BCUT2D eigenvalue weighted by molar-refractivity contribution is 5.94. The molecule has 0 aliphatic carbocycles. The Bertz CT molecular complexity index is 1240. The molecule has 33 heavy (non-hydrogen) atoms. The first kappa shape index (κ1) is 21.1. The van der Waals surface area contributed by atoms with Gasteiger partial charge in [0.25, 0.3) is 0 Å². The second-order valence-corrected chi connectivity index (χ2v) is 8.24. The molecular formula is C26H26FN5O. The molecule has 0 bridgehead atoms. The van der Waals surface area contributed by atoms with Gasteiger partial charge in [-0.25, -0.2) is 9.37 Å². The van der Waals surface area contributed by atoms with E-state index in [0.717, 1.165) is 53.1 Å². The molecule has 0 radical (unpaired) electrons. The number of rotatable bonds is 8. The van der Waals surface area contributed by atoms with Crippen LogP contribution < -0.4 is 15.0 Å². The maximum absolute atomic E-state index is 13.3. The SMILES string of the molecule is CCCCNc1cc(-c2ccc(N3CC(Oc4cccc(F)c4)C3)nc2)c2nccnc2c1. The Labute approximate surface area is 192 Å². The summed E-state index contributed by atoms with van der Waals surface area (Å²) in [5.74, 6) is 1.16. The minimum Gasteiger partial charge on any atom is -0.487 e. The van der Waals surface area contributed by atoms with Crippen LogP contribution in [0.15, 0.2) is 67.1 Å². The highest BCUT2D eigenvalue weighted by Crippen LogP contribution is 2.31. The van der Waals surface area contributed by atoms with E-state index in [-0.39, 0.29) is 11.9 Å². The van der Waals surface area contributed by atoms with Crippen LogP contribution in [-0.2, 0) is 0 Å². The zero-order valence-corrected chi connectivity index (χ0v) is 18.5. The van der Waals surface area contributed by atoms with E-state index in [0.29, 0.717) is 18.8 Å². The fraction of sp³-hybridized carbons (Fsp3) is 0.269. The lowest BCUT2D eigenvalue weighted by Crippen LogP contribution is -2.54. The summed E-state index contributed by atoms with van der Waals surface area (Å²) in [6, 6.07) is 14.5. The van der Waals surface area contributed by atoms with Crippen LogP contribution in [0.4, 0.5) is 15.9 Å². The van der Waals surface area contributed by atoms with Crippen molar-refractivity contribution in [3.05, 3.63) is 72.9 Å². The van der Waals surface area contributed by atoms with E-state index in [2.05, 4.69) is 44.2 Å². The molecule has 3 heterocycles. The minimum absolute atomic E-state index is 0.0263. The first-order valence-electron chi connectivity index (χ1n) is 11.3. The zero-order valence-electron chi connectivity index (χ0n) is 18.5. The van der Waals surface area contributed by atoms with E-state index in [1.165, 1.54) is 12.1 Å². The van der Waals surface area contributed by atoms with Gasteiger partial charge in [-0.15, -0.1) is 0 Å². The number of hydrogen-bond acceptors (Lipinski definition) is 6. The number of fused-ring (bicyclic) bond motifs is 1. The third kappa shape index (κ3) is 4.72. The van der Waals surface area contributed by atoms with E-state index < -0.39 is 0 Å². The van der Waals surface area contributed by atoms with Crippen LogP contribution in [0.1, 0.15) is 19.8 Å². The van der Waals surface area contributed by atoms with E-state index in [1.807, 2.05) is 18.3 Å². The average molecular weight is 444 g/mol.